The van der Waals surface area contributed by atoms with E-state index in [1.165, 1.54) is 5.56 Å². The Morgan fingerprint density at radius 1 is 1.04 bits per heavy atom. The summed E-state index contributed by atoms with van der Waals surface area (Å²) in [6.45, 7) is 4.46. The highest BCUT2D eigenvalue weighted by atomic mass is 35.5. The predicted octanol–water partition coefficient (Wildman–Crippen LogP) is 4.61. The minimum absolute atomic E-state index is 0.295. The lowest BCUT2D eigenvalue weighted by molar-refractivity contribution is 0.102. The van der Waals surface area contributed by atoms with Crippen molar-refractivity contribution in [2.45, 2.75) is 20.4 Å². The van der Waals surface area contributed by atoms with Gasteiger partial charge in [0.05, 0.1) is 0 Å². The molecule has 1 heterocycles. The molecule has 5 nitrogen and oxygen atoms in total. The Hall–Kier alpha value is -2.92. The number of benzene rings is 2. The summed E-state index contributed by atoms with van der Waals surface area (Å²) in [4.78, 5) is 21.1. The van der Waals surface area contributed by atoms with Gasteiger partial charge in [-0.2, -0.15) is 0 Å². The lowest BCUT2D eigenvalue weighted by Gasteiger charge is -2.09. The molecule has 0 aliphatic rings. The van der Waals surface area contributed by atoms with Crippen molar-refractivity contribution in [1.29, 1.82) is 0 Å². The van der Waals surface area contributed by atoms with Crippen LogP contribution in [0.4, 0.5) is 11.6 Å². The van der Waals surface area contributed by atoms with Gasteiger partial charge >= 0.3 is 0 Å². The number of hydrogen-bond acceptors (Lipinski definition) is 4. The minimum atomic E-state index is -0.309. The SMILES string of the molecule is Cc1ccc(CNc2nc(C)cc(C(=O)Nc3cccc(Cl)c3)n2)cc1. The van der Waals surface area contributed by atoms with Gasteiger partial charge in [-0.05, 0) is 43.7 Å². The van der Waals surface area contributed by atoms with E-state index in [1.807, 2.05) is 26.0 Å². The predicted molar refractivity (Wildman–Crippen MR) is 105 cm³/mol. The zero-order chi connectivity index (χ0) is 18.5. The molecule has 0 saturated carbocycles. The van der Waals surface area contributed by atoms with Crippen molar-refractivity contribution in [3.05, 3.63) is 82.1 Å². The van der Waals surface area contributed by atoms with Crippen LogP contribution in [-0.2, 0) is 6.54 Å². The molecule has 0 unspecified atom stereocenters. The van der Waals surface area contributed by atoms with Gasteiger partial charge in [0.2, 0.25) is 5.95 Å². The fourth-order valence-corrected chi connectivity index (χ4v) is 2.60. The van der Waals surface area contributed by atoms with Crippen LogP contribution in [-0.4, -0.2) is 15.9 Å². The van der Waals surface area contributed by atoms with E-state index in [0.29, 0.717) is 34.6 Å². The van der Waals surface area contributed by atoms with Crippen molar-refractivity contribution in [3.63, 3.8) is 0 Å². The molecular formula is C20H19ClN4O. The Bertz CT molecular complexity index is 925. The number of aryl methyl sites for hydroxylation is 2. The van der Waals surface area contributed by atoms with Gasteiger partial charge in [-0.3, -0.25) is 4.79 Å². The largest absolute Gasteiger partial charge is 0.350 e. The lowest BCUT2D eigenvalue weighted by atomic mass is 10.1. The second-order valence-corrected chi connectivity index (χ2v) is 6.46. The van der Waals surface area contributed by atoms with Crippen LogP contribution in [0.3, 0.4) is 0 Å². The maximum Gasteiger partial charge on any atom is 0.274 e. The average molecular weight is 367 g/mol. The van der Waals surface area contributed by atoms with E-state index < -0.39 is 0 Å². The van der Waals surface area contributed by atoms with Crippen LogP contribution in [0.25, 0.3) is 0 Å². The number of anilines is 2. The van der Waals surface area contributed by atoms with Gasteiger partial charge in [0, 0.05) is 22.9 Å². The first-order valence-corrected chi connectivity index (χ1v) is 8.59. The first kappa shape index (κ1) is 17.9. The Balaban J connectivity index is 1.72. The summed E-state index contributed by atoms with van der Waals surface area (Å²) in [5.41, 5.74) is 3.95. The summed E-state index contributed by atoms with van der Waals surface area (Å²) in [5.74, 6) is 0.109. The summed E-state index contributed by atoms with van der Waals surface area (Å²) < 4.78 is 0. The first-order chi connectivity index (χ1) is 12.5. The fraction of sp³-hybridized carbons (Fsp3) is 0.150. The molecule has 3 rings (SSSR count). The molecule has 0 radical (unpaired) electrons. The molecular weight excluding hydrogens is 348 g/mol. The third-order valence-corrected chi connectivity index (χ3v) is 3.98. The molecule has 1 amide bonds. The van der Waals surface area contributed by atoms with Crippen LogP contribution in [0.2, 0.25) is 5.02 Å². The molecule has 0 atom stereocenters. The van der Waals surface area contributed by atoms with E-state index >= 15 is 0 Å². The van der Waals surface area contributed by atoms with E-state index in [2.05, 4.69) is 32.7 Å². The monoisotopic (exact) mass is 366 g/mol. The average Bonchev–Trinajstić information content (AvgIpc) is 2.61. The van der Waals surface area contributed by atoms with Crippen LogP contribution in [0.1, 0.15) is 27.3 Å². The number of aromatic nitrogens is 2. The van der Waals surface area contributed by atoms with Gasteiger partial charge in [0.1, 0.15) is 5.69 Å². The zero-order valence-electron chi connectivity index (χ0n) is 14.6. The number of hydrogen-bond donors (Lipinski definition) is 2. The third kappa shape index (κ3) is 4.80. The van der Waals surface area contributed by atoms with Gasteiger partial charge in [-0.15, -0.1) is 0 Å². The van der Waals surface area contributed by atoms with Crippen LogP contribution < -0.4 is 10.6 Å². The summed E-state index contributed by atoms with van der Waals surface area (Å²) in [5, 5.41) is 6.52. The summed E-state index contributed by atoms with van der Waals surface area (Å²) in [7, 11) is 0. The van der Waals surface area contributed by atoms with Crippen molar-refractivity contribution < 1.29 is 4.79 Å². The summed E-state index contributed by atoms with van der Waals surface area (Å²) >= 11 is 5.95. The number of carbonyl (C=O) groups is 1. The lowest BCUT2D eigenvalue weighted by Crippen LogP contribution is -2.16. The number of carbonyl (C=O) groups excluding carboxylic acids is 1. The summed E-state index contributed by atoms with van der Waals surface area (Å²) in [6.07, 6.45) is 0. The molecule has 0 spiro atoms. The highest BCUT2D eigenvalue weighted by Crippen LogP contribution is 2.16. The van der Waals surface area contributed by atoms with Crippen LogP contribution in [0.15, 0.2) is 54.6 Å². The minimum Gasteiger partial charge on any atom is -0.350 e. The Labute approximate surface area is 157 Å². The molecule has 2 N–H and O–H groups in total. The number of halogens is 1. The van der Waals surface area contributed by atoms with Gasteiger partial charge in [-0.1, -0.05) is 47.5 Å². The molecule has 0 fully saturated rings. The topological polar surface area (TPSA) is 66.9 Å². The normalized spacial score (nSPS) is 10.4. The molecule has 0 aliphatic heterocycles. The quantitative estimate of drug-likeness (QED) is 0.691. The second-order valence-electron chi connectivity index (χ2n) is 6.02. The van der Waals surface area contributed by atoms with Crippen molar-refractivity contribution in [3.8, 4) is 0 Å². The highest BCUT2D eigenvalue weighted by Gasteiger charge is 2.11. The van der Waals surface area contributed by atoms with E-state index in [9.17, 15) is 4.79 Å². The van der Waals surface area contributed by atoms with E-state index in [1.54, 1.807) is 30.3 Å². The maximum absolute atomic E-state index is 12.5. The molecule has 3 aromatic rings. The fourth-order valence-electron chi connectivity index (χ4n) is 2.41. The van der Waals surface area contributed by atoms with Crippen LogP contribution in [0.5, 0.6) is 0 Å². The van der Waals surface area contributed by atoms with E-state index in [-0.39, 0.29) is 5.91 Å². The molecule has 1 aromatic heterocycles. The van der Waals surface area contributed by atoms with Gasteiger partial charge in [0.25, 0.3) is 5.91 Å². The van der Waals surface area contributed by atoms with Crippen molar-refractivity contribution in [2.75, 3.05) is 10.6 Å². The molecule has 0 saturated heterocycles. The van der Waals surface area contributed by atoms with Crippen molar-refractivity contribution in [2.24, 2.45) is 0 Å². The standard InChI is InChI=1S/C20H19ClN4O/c1-13-6-8-15(9-7-13)12-22-20-23-14(2)10-18(25-20)19(26)24-17-5-3-4-16(21)11-17/h3-11H,12H2,1-2H3,(H,24,26)(H,22,23,25). The Morgan fingerprint density at radius 2 is 1.81 bits per heavy atom. The number of rotatable bonds is 5. The number of nitrogens with zero attached hydrogens (tertiary/aromatic N) is 2. The maximum atomic E-state index is 12.5. The van der Waals surface area contributed by atoms with E-state index in [0.717, 1.165) is 5.56 Å². The van der Waals surface area contributed by atoms with E-state index in [4.69, 9.17) is 11.6 Å². The molecule has 2 aromatic carbocycles. The van der Waals surface area contributed by atoms with Gasteiger partial charge in [0.15, 0.2) is 0 Å². The van der Waals surface area contributed by atoms with Crippen LogP contribution >= 0.6 is 11.6 Å². The Morgan fingerprint density at radius 3 is 2.54 bits per heavy atom. The Kier molecular flexibility index (Phi) is 5.49. The van der Waals surface area contributed by atoms with Crippen molar-refractivity contribution in [1.82, 2.24) is 9.97 Å². The number of nitrogens with one attached hydrogen (secondary N) is 2. The smallest absolute Gasteiger partial charge is 0.274 e. The molecule has 132 valence electrons. The molecule has 26 heavy (non-hydrogen) atoms. The van der Waals surface area contributed by atoms with Crippen molar-refractivity contribution >= 4 is 29.1 Å². The third-order valence-electron chi connectivity index (χ3n) is 3.74. The molecule has 6 heteroatoms. The van der Waals surface area contributed by atoms with Gasteiger partial charge in [-0.25, -0.2) is 9.97 Å². The second kappa shape index (κ2) is 7.97. The first-order valence-electron chi connectivity index (χ1n) is 8.21. The molecule has 0 aliphatic carbocycles. The number of amides is 1. The summed E-state index contributed by atoms with van der Waals surface area (Å²) in [6, 6.07) is 16.8. The molecule has 0 bridgehead atoms. The highest BCUT2D eigenvalue weighted by molar-refractivity contribution is 6.30. The van der Waals surface area contributed by atoms with Crippen LogP contribution in [0, 0.1) is 13.8 Å². The zero-order valence-corrected chi connectivity index (χ0v) is 15.3. The van der Waals surface area contributed by atoms with Gasteiger partial charge < -0.3 is 10.6 Å².